The van der Waals surface area contributed by atoms with Gasteiger partial charge in [0, 0.05) is 11.8 Å². The summed E-state index contributed by atoms with van der Waals surface area (Å²) >= 11 is 1.44. The average molecular weight is 172 g/mol. The Labute approximate surface area is 69.3 Å². The molecule has 1 aromatic heterocycles. The zero-order valence-corrected chi connectivity index (χ0v) is 7.28. The molecule has 0 radical (unpaired) electrons. The van der Waals surface area contributed by atoms with Gasteiger partial charge in [-0.05, 0) is 13.2 Å². The van der Waals surface area contributed by atoms with Crippen LogP contribution in [0.3, 0.4) is 0 Å². The molecule has 0 N–H and O–H groups in total. The van der Waals surface area contributed by atoms with E-state index in [9.17, 15) is 4.39 Å². The molecule has 0 atom stereocenters. The second kappa shape index (κ2) is 3.67. The molecule has 0 amide bonds. The van der Waals surface area contributed by atoms with Crippen LogP contribution in [0.2, 0.25) is 0 Å². The summed E-state index contributed by atoms with van der Waals surface area (Å²) in [6.07, 6.45) is 3.41. The van der Waals surface area contributed by atoms with Crippen LogP contribution >= 0.6 is 11.8 Å². The topological polar surface area (TPSA) is 25.8 Å². The first-order valence-corrected chi connectivity index (χ1v) is 4.43. The van der Waals surface area contributed by atoms with Gasteiger partial charge in [-0.2, -0.15) is 0 Å². The molecule has 11 heavy (non-hydrogen) atoms. The van der Waals surface area contributed by atoms with Gasteiger partial charge >= 0.3 is 0 Å². The molecule has 0 aliphatic rings. The van der Waals surface area contributed by atoms with Crippen LogP contribution in [0, 0.1) is 6.92 Å². The van der Waals surface area contributed by atoms with Gasteiger partial charge in [0.05, 0.1) is 0 Å². The Hall–Kier alpha value is -0.640. The van der Waals surface area contributed by atoms with E-state index in [4.69, 9.17) is 0 Å². The predicted molar refractivity (Wildman–Crippen MR) is 43.4 cm³/mol. The van der Waals surface area contributed by atoms with Gasteiger partial charge in [0.1, 0.15) is 17.5 Å². The molecule has 0 aliphatic carbocycles. The van der Waals surface area contributed by atoms with Crippen molar-refractivity contribution in [2.24, 2.45) is 0 Å². The van der Waals surface area contributed by atoms with Gasteiger partial charge < -0.3 is 0 Å². The van der Waals surface area contributed by atoms with Crippen molar-refractivity contribution in [3.63, 3.8) is 0 Å². The Kier molecular flexibility index (Phi) is 2.82. The van der Waals surface area contributed by atoms with E-state index in [1.54, 1.807) is 6.92 Å². The molecular formula is C7H9FN2S. The van der Waals surface area contributed by atoms with E-state index < -0.39 is 6.67 Å². The Morgan fingerprint density at radius 3 is 2.91 bits per heavy atom. The highest BCUT2D eigenvalue weighted by Crippen LogP contribution is 2.17. The lowest BCUT2D eigenvalue weighted by Gasteiger charge is -2.01. The molecule has 0 bridgehead atoms. The lowest BCUT2D eigenvalue weighted by Crippen LogP contribution is -1.94. The van der Waals surface area contributed by atoms with E-state index in [2.05, 4.69) is 9.97 Å². The van der Waals surface area contributed by atoms with Crippen LogP contribution in [-0.2, 0) is 6.67 Å². The third-order valence-corrected chi connectivity index (χ3v) is 2.02. The minimum atomic E-state index is -0.490. The number of alkyl halides is 1. The minimum absolute atomic E-state index is 0.490. The maximum absolute atomic E-state index is 12.2. The van der Waals surface area contributed by atoms with E-state index in [1.807, 2.05) is 6.26 Å². The molecule has 0 aromatic carbocycles. The Bertz CT molecular complexity index is 252. The van der Waals surface area contributed by atoms with E-state index in [0.29, 0.717) is 11.4 Å². The molecule has 0 spiro atoms. The van der Waals surface area contributed by atoms with Gasteiger partial charge in [0.2, 0.25) is 0 Å². The lowest BCUT2D eigenvalue weighted by molar-refractivity contribution is 0.475. The molecule has 60 valence electrons. The summed E-state index contributed by atoms with van der Waals surface area (Å²) < 4.78 is 12.2. The summed E-state index contributed by atoms with van der Waals surface area (Å²) in [5.74, 6) is 0.687. The Morgan fingerprint density at radius 1 is 1.64 bits per heavy atom. The Morgan fingerprint density at radius 2 is 2.36 bits per heavy atom. The molecule has 0 saturated heterocycles. The van der Waals surface area contributed by atoms with Crippen LogP contribution < -0.4 is 0 Å². The highest BCUT2D eigenvalue weighted by atomic mass is 32.2. The van der Waals surface area contributed by atoms with Gasteiger partial charge in [0.15, 0.2) is 0 Å². The average Bonchev–Trinajstić information content (AvgIpc) is 2.04. The van der Waals surface area contributed by atoms with E-state index in [0.717, 1.165) is 5.03 Å². The molecule has 0 fully saturated rings. The van der Waals surface area contributed by atoms with Crippen molar-refractivity contribution in [3.05, 3.63) is 17.6 Å². The summed E-state index contributed by atoms with van der Waals surface area (Å²) in [6, 6.07) is 0. The summed E-state index contributed by atoms with van der Waals surface area (Å²) in [4.78, 5) is 7.97. The summed E-state index contributed by atoms with van der Waals surface area (Å²) in [5, 5.41) is 0.736. The van der Waals surface area contributed by atoms with Crippen molar-refractivity contribution in [1.29, 1.82) is 0 Å². The zero-order valence-electron chi connectivity index (χ0n) is 6.47. The zero-order chi connectivity index (χ0) is 8.27. The van der Waals surface area contributed by atoms with E-state index in [-0.39, 0.29) is 0 Å². The third kappa shape index (κ3) is 1.89. The largest absolute Gasteiger partial charge is 0.246 e. The van der Waals surface area contributed by atoms with Crippen molar-refractivity contribution in [1.82, 2.24) is 9.97 Å². The molecule has 1 heterocycles. The maximum Gasteiger partial charge on any atom is 0.126 e. The number of aryl methyl sites for hydroxylation is 1. The molecule has 1 rings (SSSR count). The molecule has 0 saturated carbocycles. The van der Waals surface area contributed by atoms with Gasteiger partial charge in [-0.3, -0.25) is 0 Å². The van der Waals surface area contributed by atoms with Crippen LogP contribution in [0.25, 0.3) is 0 Å². The van der Waals surface area contributed by atoms with Crippen molar-refractivity contribution in [3.8, 4) is 0 Å². The van der Waals surface area contributed by atoms with Crippen LogP contribution in [0.1, 0.15) is 11.4 Å². The second-order valence-electron chi connectivity index (χ2n) is 2.09. The summed E-state index contributed by atoms with van der Waals surface area (Å²) in [5.41, 5.74) is 0.572. The van der Waals surface area contributed by atoms with Crippen molar-refractivity contribution < 1.29 is 4.39 Å². The molecule has 1 aromatic rings. The normalized spacial score (nSPS) is 10.1. The SMILES string of the molecule is CSc1nc(C)ncc1CF. The number of aromatic nitrogens is 2. The van der Waals surface area contributed by atoms with Crippen LogP contribution in [0.15, 0.2) is 11.2 Å². The molecular weight excluding hydrogens is 163 g/mol. The first-order valence-electron chi connectivity index (χ1n) is 3.20. The maximum atomic E-state index is 12.2. The number of nitrogens with zero attached hydrogens (tertiary/aromatic N) is 2. The first kappa shape index (κ1) is 8.46. The standard InChI is InChI=1S/C7H9FN2S/c1-5-9-4-6(3-8)7(10-5)11-2/h4H,3H2,1-2H3. The highest BCUT2D eigenvalue weighted by molar-refractivity contribution is 7.98. The van der Waals surface area contributed by atoms with E-state index >= 15 is 0 Å². The molecule has 0 unspecified atom stereocenters. The van der Waals surface area contributed by atoms with Crippen LogP contribution in [0.5, 0.6) is 0 Å². The molecule has 4 heteroatoms. The number of rotatable bonds is 2. The smallest absolute Gasteiger partial charge is 0.126 e. The van der Waals surface area contributed by atoms with Crippen molar-refractivity contribution in [2.75, 3.05) is 6.26 Å². The van der Waals surface area contributed by atoms with Gasteiger partial charge in [-0.15, -0.1) is 11.8 Å². The fraction of sp³-hybridized carbons (Fsp3) is 0.429. The third-order valence-electron chi connectivity index (χ3n) is 1.28. The number of halogens is 1. The highest BCUT2D eigenvalue weighted by Gasteiger charge is 2.02. The number of thioether (sulfide) groups is 1. The van der Waals surface area contributed by atoms with Gasteiger partial charge in [0.25, 0.3) is 0 Å². The second-order valence-corrected chi connectivity index (χ2v) is 2.88. The number of hydrogen-bond donors (Lipinski definition) is 0. The van der Waals surface area contributed by atoms with Gasteiger partial charge in [-0.1, -0.05) is 0 Å². The summed E-state index contributed by atoms with van der Waals surface area (Å²) in [7, 11) is 0. The van der Waals surface area contributed by atoms with Gasteiger partial charge in [-0.25, -0.2) is 14.4 Å². The van der Waals surface area contributed by atoms with Crippen molar-refractivity contribution >= 4 is 11.8 Å². The predicted octanol–water partition coefficient (Wildman–Crippen LogP) is 1.98. The lowest BCUT2D eigenvalue weighted by atomic mass is 10.4. The number of hydrogen-bond acceptors (Lipinski definition) is 3. The summed E-state index contributed by atoms with van der Waals surface area (Å²) in [6.45, 7) is 1.30. The fourth-order valence-electron chi connectivity index (χ4n) is 0.743. The molecule has 2 nitrogen and oxygen atoms in total. The van der Waals surface area contributed by atoms with Crippen LogP contribution in [-0.4, -0.2) is 16.2 Å². The monoisotopic (exact) mass is 172 g/mol. The van der Waals surface area contributed by atoms with E-state index in [1.165, 1.54) is 18.0 Å². The fourth-order valence-corrected chi connectivity index (χ4v) is 1.34. The first-order chi connectivity index (χ1) is 5.27. The Balaban J connectivity index is 3.06. The van der Waals surface area contributed by atoms with Crippen LogP contribution in [0.4, 0.5) is 4.39 Å². The minimum Gasteiger partial charge on any atom is -0.246 e. The van der Waals surface area contributed by atoms with Crippen molar-refractivity contribution in [2.45, 2.75) is 18.6 Å². The quantitative estimate of drug-likeness (QED) is 0.504. The molecule has 0 aliphatic heterocycles.